The van der Waals surface area contributed by atoms with E-state index < -0.39 is 0 Å². The maximum atomic E-state index is 12.0. The zero-order valence-corrected chi connectivity index (χ0v) is 16.2. The van der Waals surface area contributed by atoms with Crippen LogP contribution in [0, 0.1) is 0 Å². The van der Waals surface area contributed by atoms with Crippen LogP contribution in [-0.4, -0.2) is 11.0 Å². The molecule has 27 heavy (non-hydrogen) atoms. The van der Waals surface area contributed by atoms with Crippen molar-refractivity contribution in [2.24, 2.45) is 0 Å². The van der Waals surface area contributed by atoms with Crippen LogP contribution in [0.4, 0.5) is 5.69 Å². The lowest BCUT2D eigenvalue weighted by Crippen LogP contribution is -2.32. The number of hydrogen-bond donors (Lipinski definition) is 2. The van der Waals surface area contributed by atoms with E-state index in [2.05, 4.69) is 10.6 Å². The van der Waals surface area contributed by atoms with Gasteiger partial charge in [-0.3, -0.25) is 10.1 Å². The quantitative estimate of drug-likeness (QED) is 0.418. The average molecular weight is 417 g/mol. The lowest BCUT2D eigenvalue weighted by Gasteiger charge is -2.08. The summed E-state index contributed by atoms with van der Waals surface area (Å²) in [5.74, 6) is 0.907. The largest absolute Gasteiger partial charge is 0.457 e. The number of hydrogen-bond acceptors (Lipinski definition) is 3. The van der Waals surface area contributed by atoms with Crippen molar-refractivity contribution in [3.05, 3.63) is 82.5 Å². The third-order valence-corrected chi connectivity index (χ3v) is 4.44. The van der Waals surface area contributed by atoms with E-state index in [9.17, 15) is 4.79 Å². The third kappa shape index (κ3) is 5.44. The van der Waals surface area contributed by atoms with Crippen molar-refractivity contribution < 1.29 is 9.21 Å². The van der Waals surface area contributed by atoms with Gasteiger partial charge in [-0.1, -0.05) is 53.5 Å². The van der Waals surface area contributed by atoms with Gasteiger partial charge in [0.05, 0.1) is 10.0 Å². The van der Waals surface area contributed by atoms with E-state index >= 15 is 0 Å². The Balaban J connectivity index is 1.56. The zero-order valence-electron chi connectivity index (χ0n) is 13.9. The second-order valence-electron chi connectivity index (χ2n) is 5.47. The predicted octanol–water partition coefficient (Wildman–Crippen LogP) is 5.78. The average Bonchev–Trinajstić information content (AvgIpc) is 3.13. The molecule has 0 aliphatic heterocycles. The highest BCUT2D eigenvalue weighted by Crippen LogP contribution is 2.25. The van der Waals surface area contributed by atoms with Gasteiger partial charge >= 0.3 is 0 Å². The van der Waals surface area contributed by atoms with Crippen LogP contribution in [0.2, 0.25) is 10.0 Å². The summed E-state index contributed by atoms with van der Waals surface area (Å²) < 4.78 is 5.70. The first-order valence-electron chi connectivity index (χ1n) is 7.91. The molecular weight excluding hydrogens is 403 g/mol. The van der Waals surface area contributed by atoms with Gasteiger partial charge in [0.1, 0.15) is 11.5 Å². The molecule has 1 aromatic heterocycles. The molecule has 3 aromatic rings. The van der Waals surface area contributed by atoms with E-state index in [1.165, 1.54) is 6.08 Å². The Labute approximate surface area is 171 Å². The molecule has 0 radical (unpaired) electrons. The fourth-order valence-corrected chi connectivity index (χ4v) is 2.76. The summed E-state index contributed by atoms with van der Waals surface area (Å²) in [5, 5.41) is 6.39. The highest BCUT2D eigenvalue weighted by molar-refractivity contribution is 7.80. The van der Waals surface area contributed by atoms with Crippen LogP contribution >= 0.6 is 35.4 Å². The number of rotatable bonds is 4. The van der Waals surface area contributed by atoms with E-state index in [4.69, 9.17) is 39.8 Å². The molecule has 7 heteroatoms. The van der Waals surface area contributed by atoms with Gasteiger partial charge < -0.3 is 9.73 Å². The van der Waals surface area contributed by atoms with Crippen LogP contribution in [0.15, 0.2) is 71.2 Å². The standard InChI is InChI=1S/C20H14Cl2N2O2S/c21-16-9-6-14(12-17(16)22)23-20(27)24-19(25)11-8-15-7-10-18(26-15)13-4-2-1-3-5-13/h1-12H,(H2,23,24,25,27)/b11-8+. The van der Waals surface area contributed by atoms with E-state index in [-0.39, 0.29) is 11.0 Å². The first-order chi connectivity index (χ1) is 13.0. The minimum absolute atomic E-state index is 0.146. The van der Waals surface area contributed by atoms with Gasteiger partial charge in [-0.05, 0) is 48.6 Å². The predicted molar refractivity (Wildman–Crippen MR) is 114 cm³/mol. The second kappa shape index (κ2) is 8.86. The number of halogens is 2. The Kier molecular flexibility index (Phi) is 6.29. The van der Waals surface area contributed by atoms with Crippen LogP contribution in [0.25, 0.3) is 17.4 Å². The number of carbonyl (C=O) groups excluding carboxylic acids is 1. The second-order valence-corrected chi connectivity index (χ2v) is 6.70. The van der Waals surface area contributed by atoms with Crippen molar-refractivity contribution in [1.29, 1.82) is 0 Å². The van der Waals surface area contributed by atoms with Gasteiger partial charge in [0, 0.05) is 17.3 Å². The molecule has 0 aliphatic carbocycles. The molecule has 0 atom stereocenters. The molecule has 2 N–H and O–H groups in total. The first kappa shape index (κ1) is 19.2. The summed E-state index contributed by atoms with van der Waals surface area (Å²) in [7, 11) is 0. The normalized spacial score (nSPS) is 10.7. The fourth-order valence-electron chi connectivity index (χ4n) is 2.25. The van der Waals surface area contributed by atoms with Gasteiger partial charge in [0.2, 0.25) is 5.91 Å². The Morgan fingerprint density at radius 1 is 1.00 bits per heavy atom. The molecule has 2 aromatic carbocycles. The molecular formula is C20H14Cl2N2O2S. The molecule has 3 rings (SSSR count). The topological polar surface area (TPSA) is 54.3 Å². The highest BCUT2D eigenvalue weighted by Gasteiger charge is 2.05. The Morgan fingerprint density at radius 2 is 1.78 bits per heavy atom. The van der Waals surface area contributed by atoms with Crippen molar-refractivity contribution in [2.45, 2.75) is 0 Å². The van der Waals surface area contributed by atoms with Gasteiger partial charge in [0.25, 0.3) is 0 Å². The molecule has 0 saturated heterocycles. The summed E-state index contributed by atoms with van der Waals surface area (Å²) in [5.41, 5.74) is 1.59. The number of nitrogens with one attached hydrogen (secondary N) is 2. The van der Waals surface area contributed by atoms with Crippen molar-refractivity contribution >= 4 is 58.2 Å². The summed E-state index contributed by atoms with van der Waals surface area (Å²) in [6, 6.07) is 18.3. The summed E-state index contributed by atoms with van der Waals surface area (Å²) in [6.07, 6.45) is 2.92. The SMILES string of the molecule is O=C(/C=C/c1ccc(-c2ccccc2)o1)NC(=S)Nc1ccc(Cl)c(Cl)c1. The molecule has 0 saturated carbocycles. The molecule has 0 aliphatic rings. The lowest BCUT2D eigenvalue weighted by molar-refractivity contribution is -0.115. The molecule has 0 fully saturated rings. The minimum atomic E-state index is -0.384. The molecule has 136 valence electrons. The number of thiocarbonyl (C=S) groups is 1. The Bertz CT molecular complexity index is 1000. The van der Waals surface area contributed by atoms with Crippen LogP contribution in [0.5, 0.6) is 0 Å². The Morgan fingerprint density at radius 3 is 2.52 bits per heavy atom. The summed E-state index contributed by atoms with van der Waals surface area (Å²) in [6.45, 7) is 0. The molecule has 1 amide bonds. The first-order valence-corrected chi connectivity index (χ1v) is 9.08. The van der Waals surface area contributed by atoms with Crippen LogP contribution in [0.1, 0.15) is 5.76 Å². The van der Waals surface area contributed by atoms with Gasteiger partial charge in [-0.2, -0.15) is 0 Å². The molecule has 4 nitrogen and oxygen atoms in total. The zero-order chi connectivity index (χ0) is 19.2. The molecule has 0 spiro atoms. The van der Waals surface area contributed by atoms with E-state index in [1.807, 2.05) is 36.4 Å². The smallest absolute Gasteiger partial charge is 0.250 e. The number of benzene rings is 2. The summed E-state index contributed by atoms with van der Waals surface area (Å²) in [4.78, 5) is 12.0. The minimum Gasteiger partial charge on any atom is -0.457 e. The lowest BCUT2D eigenvalue weighted by atomic mass is 10.2. The molecule has 0 unspecified atom stereocenters. The number of carbonyl (C=O) groups is 1. The van der Waals surface area contributed by atoms with Crippen molar-refractivity contribution in [1.82, 2.24) is 5.32 Å². The Hall–Kier alpha value is -2.60. The maximum absolute atomic E-state index is 12.0. The van der Waals surface area contributed by atoms with Gasteiger partial charge in [-0.15, -0.1) is 0 Å². The molecule has 1 heterocycles. The monoisotopic (exact) mass is 416 g/mol. The third-order valence-electron chi connectivity index (χ3n) is 3.50. The van der Waals surface area contributed by atoms with Gasteiger partial charge in [-0.25, -0.2) is 0 Å². The summed E-state index contributed by atoms with van der Waals surface area (Å²) >= 11 is 16.9. The van der Waals surface area contributed by atoms with E-state index in [0.717, 1.165) is 11.3 Å². The highest BCUT2D eigenvalue weighted by atomic mass is 35.5. The number of anilines is 1. The van der Waals surface area contributed by atoms with Crippen LogP contribution in [-0.2, 0) is 4.79 Å². The van der Waals surface area contributed by atoms with Crippen molar-refractivity contribution in [3.63, 3.8) is 0 Å². The maximum Gasteiger partial charge on any atom is 0.250 e. The number of amides is 1. The van der Waals surface area contributed by atoms with E-state index in [0.29, 0.717) is 21.5 Å². The van der Waals surface area contributed by atoms with Crippen molar-refractivity contribution in [3.8, 4) is 11.3 Å². The molecule has 0 bridgehead atoms. The van der Waals surface area contributed by atoms with Crippen LogP contribution in [0.3, 0.4) is 0 Å². The van der Waals surface area contributed by atoms with Crippen LogP contribution < -0.4 is 10.6 Å². The van der Waals surface area contributed by atoms with Crippen molar-refractivity contribution in [2.75, 3.05) is 5.32 Å². The van der Waals surface area contributed by atoms with E-state index in [1.54, 1.807) is 30.3 Å². The van der Waals surface area contributed by atoms with Gasteiger partial charge in [0.15, 0.2) is 5.11 Å². The number of furan rings is 1. The fraction of sp³-hybridized carbons (Fsp3) is 0.